The summed E-state index contributed by atoms with van der Waals surface area (Å²) in [5.74, 6) is -0.111. The van der Waals surface area contributed by atoms with Crippen molar-refractivity contribution in [3.8, 4) is 0 Å². The molecule has 0 unspecified atom stereocenters. The van der Waals surface area contributed by atoms with Crippen LogP contribution in [0.3, 0.4) is 0 Å². The predicted molar refractivity (Wildman–Crippen MR) is 66.3 cm³/mol. The maximum absolute atomic E-state index is 11.1. The normalized spacial score (nSPS) is 11.2. The summed E-state index contributed by atoms with van der Waals surface area (Å²) < 4.78 is 0. The van der Waals surface area contributed by atoms with Crippen LogP contribution in [0.4, 0.5) is 0 Å². The van der Waals surface area contributed by atoms with Gasteiger partial charge in [0.15, 0.2) is 0 Å². The van der Waals surface area contributed by atoms with E-state index in [2.05, 4.69) is 50.4 Å². The second kappa shape index (κ2) is 5.12. The Morgan fingerprint density at radius 3 is 2.38 bits per heavy atom. The molecule has 0 fully saturated rings. The van der Waals surface area contributed by atoms with E-state index in [1.807, 2.05) is 0 Å². The number of rotatable bonds is 4. The van der Waals surface area contributed by atoms with E-state index < -0.39 is 0 Å². The third kappa shape index (κ3) is 3.35. The molecule has 0 radical (unpaired) electrons. The molecule has 1 amide bonds. The second-order valence-electron chi connectivity index (χ2n) is 4.73. The maximum Gasteiger partial charge on any atom is 0.233 e. The topological polar surface area (TPSA) is 55.1 Å². The first-order valence-corrected chi connectivity index (χ1v) is 5.49. The molecule has 0 heterocycles. The Balaban J connectivity index is 2.69. The average Bonchev–Trinajstić information content (AvgIpc) is 2.26. The lowest BCUT2D eigenvalue weighted by molar-refractivity contribution is -0.119. The molecule has 0 atom stereocenters. The summed E-state index contributed by atoms with van der Waals surface area (Å²) in [4.78, 5) is 11.1. The Hall–Kier alpha value is -1.35. The van der Waals surface area contributed by atoms with Crippen molar-refractivity contribution in [3.63, 3.8) is 0 Å². The number of aryl methyl sites for hydroxylation is 1. The molecule has 3 heteroatoms. The fourth-order valence-electron chi connectivity index (χ4n) is 1.50. The monoisotopic (exact) mass is 220 g/mol. The summed E-state index contributed by atoms with van der Waals surface area (Å²) in [6, 6.07) is 8.37. The summed E-state index contributed by atoms with van der Waals surface area (Å²) in [6.45, 7) is 6.92. The minimum Gasteiger partial charge on any atom is -0.354 e. The van der Waals surface area contributed by atoms with Gasteiger partial charge in [-0.1, -0.05) is 43.7 Å². The Morgan fingerprint density at radius 1 is 1.31 bits per heavy atom. The molecule has 3 nitrogen and oxygen atoms in total. The van der Waals surface area contributed by atoms with E-state index >= 15 is 0 Å². The lowest BCUT2D eigenvalue weighted by Crippen LogP contribution is -2.39. The van der Waals surface area contributed by atoms with E-state index in [0.29, 0.717) is 6.54 Å². The molecule has 88 valence electrons. The minimum atomic E-state index is -0.111. The van der Waals surface area contributed by atoms with Crippen LogP contribution in [0, 0.1) is 6.92 Å². The molecule has 1 aromatic carbocycles. The molecule has 0 spiro atoms. The van der Waals surface area contributed by atoms with Crippen molar-refractivity contribution in [1.29, 1.82) is 0 Å². The van der Waals surface area contributed by atoms with Crippen molar-refractivity contribution in [2.45, 2.75) is 26.2 Å². The zero-order valence-electron chi connectivity index (χ0n) is 10.2. The number of carbonyl (C=O) groups excluding carboxylic acids is 1. The van der Waals surface area contributed by atoms with Crippen molar-refractivity contribution in [1.82, 2.24) is 5.32 Å². The van der Waals surface area contributed by atoms with Gasteiger partial charge in [-0.15, -0.1) is 0 Å². The summed E-state index contributed by atoms with van der Waals surface area (Å²) >= 11 is 0. The Labute approximate surface area is 97.0 Å². The van der Waals surface area contributed by atoms with E-state index in [-0.39, 0.29) is 17.9 Å². The highest BCUT2D eigenvalue weighted by Gasteiger charge is 2.20. The summed E-state index contributed by atoms with van der Waals surface area (Å²) in [5.41, 5.74) is 7.64. The molecule has 0 aromatic heterocycles. The summed E-state index contributed by atoms with van der Waals surface area (Å²) in [7, 11) is 0. The first-order chi connectivity index (χ1) is 7.45. The van der Waals surface area contributed by atoms with E-state index in [9.17, 15) is 4.79 Å². The van der Waals surface area contributed by atoms with E-state index in [1.165, 1.54) is 11.1 Å². The van der Waals surface area contributed by atoms with Crippen LogP contribution >= 0.6 is 0 Å². The maximum atomic E-state index is 11.1. The molecule has 0 aliphatic heterocycles. The molecule has 1 aromatic rings. The van der Waals surface area contributed by atoms with E-state index in [4.69, 9.17) is 5.73 Å². The van der Waals surface area contributed by atoms with Gasteiger partial charge in [0, 0.05) is 12.0 Å². The molecule has 0 aliphatic carbocycles. The Bertz CT molecular complexity index is 355. The van der Waals surface area contributed by atoms with Gasteiger partial charge in [0.25, 0.3) is 0 Å². The zero-order chi connectivity index (χ0) is 12.2. The first kappa shape index (κ1) is 12.7. The van der Waals surface area contributed by atoms with Crippen molar-refractivity contribution in [2.75, 3.05) is 13.1 Å². The Kier molecular flexibility index (Phi) is 4.07. The number of carbonyl (C=O) groups is 1. The van der Waals surface area contributed by atoms with Gasteiger partial charge < -0.3 is 11.1 Å². The lowest BCUT2D eigenvalue weighted by atomic mass is 9.84. The Morgan fingerprint density at radius 2 is 1.88 bits per heavy atom. The van der Waals surface area contributed by atoms with Gasteiger partial charge in [-0.2, -0.15) is 0 Å². The van der Waals surface area contributed by atoms with Crippen LogP contribution in [0.1, 0.15) is 25.0 Å². The van der Waals surface area contributed by atoms with Crippen LogP contribution in [0.2, 0.25) is 0 Å². The van der Waals surface area contributed by atoms with Crippen LogP contribution in [0.15, 0.2) is 24.3 Å². The molecule has 0 aliphatic rings. The van der Waals surface area contributed by atoms with Crippen LogP contribution in [-0.2, 0) is 10.2 Å². The van der Waals surface area contributed by atoms with Crippen LogP contribution in [0.5, 0.6) is 0 Å². The largest absolute Gasteiger partial charge is 0.354 e. The second-order valence-corrected chi connectivity index (χ2v) is 4.73. The molecule has 0 saturated heterocycles. The van der Waals surface area contributed by atoms with E-state index in [0.717, 1.165) is 0 Å². The highest BCUT2D eigenvalue weighted by Crippen LogP contribution is 2.22. The van der Waals surface area contributed by atoms with Gasteiger partial charge in [0.1, 0.15) is 0 Å². The van der Waals surface area contributed by atoms with Gasteiger partial charge in [-0.05, 0) is 12.5 Å². The smallest absolute Gasteiger partial charge is 0.233 e. The summed E-state index contributed by atoms with van der Waals surface area (Å²) in [6.07, 6.45) is 0. The highest BCUT2D eigenvalue weighted by molar-refractivity contribution is 5.77. The first-order valence-electron chi connectivity index (χ1n) is 5.49. The number of nitrogens with two attached hydrogens (primary N) is 1. The van der Waals surface area contributed by atoms with Crippen molar-refractivity contribution in [2.24, 2.45) is 5.73 Å². The van der Waals surface area contributed by atoms with Gasteiger partial charge >= 0.3 is 0 Å². The molecule has 0 bridgehead atoms. The number of nitrogens with one attached hydrogen (secondary N) is 1. The quantitative estimate of drug-likeness (QED) is 0.804. The molecule has 3 N–H and O–H groups in total. The van der Waals surface area contributed by atoms with Gasteiger partial charge in [-0.25, -0.2) is 0 Å². The van der Waals surface area contributed by atoms with Crippen molar-refractivity contribution in [3.05, 3.63) is 35.4 Å². The minimum absolute atomic E-state index is 0.0456. The fourth-order valence-corrected chi connectivity index (χ4v) is 1.50. The van der Waals surface area contributed by atoms with Gasteiger partial charge in [-0.3, -0.25) is 4.79 Å². The number of benzene rings is 1. The van der Waals surface area contributed by atoms with Crippen LogP contribution < -0.4 is 11.1 Å². The van der Waals surface area contributed by atoms with Crippen LogP contribution in [-0.4, -0.2) is 19.0 Å². The molecule has 16 heavy (non-hydrogen) atoms. The number of amides is 1. The zero-order valence-corrected chi connectivity index (χ0v) is 10.2. The molecular weight excluding hydrogens is 200 g/mol. The predicted octanol–water partition coefficient (Wildman–Crippen LogP) is 1.35. The SMILES string of the molecule is Cc1ccc(C(C)(C)CNC(=O)CN)cc1. The highest BCUT2D eigenvalue weighted by atomic mass is 16.1. The van der Waals surface area contributed by atoms with Crippen LogP contribution in [0.25, 0.3) is 0 Å². The molecular formula is C13H20N2O. The molecule has 1 rings (SSSR count). The molecule has 0 saturated carbocycles. The third-order valence-electron chi connectivity index (χ3n) is 2.75. The lowest BCUT2D eigenvalue weighted by Gasteiger charge is -2.25. The van der Waals surface area contributed by atoms with Crippen molar-refractivity contribution >= 4 is 5.91 Å². The number of hydrogen-bond acceptors (Lipinski definition) is 2. The number of hydrogen-bond donors (Lipinski definition) is 2. The average molecular weight is 220 g/mol. The van der Waals surface area contributed by atoms with Gasteiger partial charge in [0.2, 0.25) is 5.91 Å². The standard InChI is InChI=1S/C13H20N2O/c1-10-4-6-11(7-5-10)13(2,3)9-15-12(16)8-14/h4-7H,8-9,14H2,1-3H3,(H,15,16). The van der Waals surface area contributed by atoms with Crippen molar-refractivity contribution < 1.29 is 4.79 Å². The third-order valence-corrected chi connectivity index (χ3v) is 2.75. The van der Waals surface area contributed by atoms with E-state index in [1.54, 1.807) is 0 Å². The summed E-state index contributed by atoms with van der Waals surface area (Å²) in [5, 5.41) is 2.82. The van der Waals surface area contributed by atoms with Gasteiger partial charge in [0.05, 0.1) is 6.54 Å². The fraction of sp³-hybridized carbons (Fsp3) is 0.462.